The second-order valence-corrected chi connectivity index (χ2v) is 7.84. The van der Waals surface area contributed by atoms with Crippen LogP contribution in [0.2, 0.25) is 0 Å². The lowest BCUT2D eigenvalue weighted by atomic mass is 9.59. The summed E-state index contributed by atoms with van der Waals surface area (Å²) >= 11 is 0. The van der Waals surface area contributed by atoms with Gasteiger partial charge in [0.2, 0.25) is 0 Å². The lowest BCUT2D eigenvalue weighted by molar-refractivity contribution is 0.0142. The van der Waals surface area contributed by atoms with Crippen LogP contribution in [0.15, 0.2) is 0 Å². The third-order valence-corrected chi connectivity index (χ3v) is 6.97. The fourth-order valence-electron chi connectivity index (χ4n) is 5.35. The molecule has 1 N–H and O–H groups in total. The molecule has 0 aliphatic heterocycles. The first-order chi connectivity index (χ1) is 7.25. The molecule has 0 heterocycles. The summed E-state index contributed by atoms with van der Waals surface area (Å²) in [7, 11) is 0. The molecule has 0 amide bonds. The average Bonchev–Trinajstić information content (AvgIpc) is 2.78. The van der Waals surface area contributed by atoms with E-state index < -0.39 is 0 Å². The SMILES string of the molecule is CC1(O)CCC2(C3(C)CCCC3(C)C)CC12. The summed E-state index contributed by atoms with van der Waals surface area (Å²) < 4.78 is 0. The van der Waals surface area contributed by atoms with Crippen LogP contribution in [0.5, 0.6) is 0 Å². The molecular formula is C15H26O. The molecule has 0 aromatic carbocycles. The van der Waals surface area contributed by atoms with Crippen LogP contribution >= 0.6 is 0 Å². The van der Waals surface area contributed by atoms with Gasteiger partial charge >= 0.3 is 0 Å². The largest absolute Gasteiger partial charge is 0.390 e. The normalized spacial score (nSPS) is 58.7. The molecule has 0 saturated heterocycles. The van der Waals surface area contributed by atoms with E-state index in [9.17, 15) is 5.11 Å². The number of aliphatic hydroxyl groups is 1. The molecule has 92 valence electrons. The molecule has 0 spiro atoms. The first kappa shape index (κ1) is 11.1. The number of hydrogen-bond acceptors (Lipinski definition) is 1. The summed E-state index contributed by atoms with van der Waals surface area (Å²) in [5.74, 6) is 0.599. The van der Waals surface area contributed by atoms with E-state index in [0.717, 1.165) is 6.42 Å². The lowest BCUT2D eigenvalue weighted by Gasteiger charge is -2.45. The van der Waals surface area contributed by atoms with E-state index in [-0.39, 0.29) is 5.60 Å². The van der Waals surface area contributed by atoms with Gasteiger partial charge in [-0.2, -0.15) is 0 Å². The quantitative estimate of drug-likeness (QED) is 0.716. The third-order valence-electron chi connectivity index (χ3n) is 6.97. The minimum absolute atomic E-state index is 0.359. The van der Waals surface area contributed by atoms with Crippen LogP contribution in [0, 0.1) is 22.2 Å². The van der Waals surface area contributed by atoms with Crippen molar-refractivity contribution >= 4 is 0 Å². The molecular weight excluding hydrogens is 196 g/mol. The van der Waals surface area contributed by atoms with Crippen LogP contribution in [0.4, 0.5) is 0 Å². The van der Waals surface area contributed by atoms with Crippen molar-refractivity contribution in [1.29, 1.82) is 0 Å². The first-order valence-corrected chi connectivity index (χ1v) is 6.98. The molecule has 3 fully saturated rings. The van der Waals surface area contributed by atoms with Crippen molar-refractivity contribution in [3.05, 3.63) is 0 Å². The predicted molar refractivity (Wildman–Crippen MR) is 66.1 cm³/mol. The Hall–Kier alpha value is -0.0400. The van der Waals surface area contributed by atoms with Crippen molar-refractivity contribution in [2.24, 2.45) is 22.2 Å². The van der Waals surface area contributed by atoms with E-state index in [1.807, 2.05) is 0 Å². The maximum Gasteiger partial charge on any atom is 0.0653 e. The van der Waals surface area contributed by atoms with Gasteiger partial charge < -0.3 is 5.11 Å². The standard InChI is InChI=1S/C15H26O/c1-12(2)6-5-7-14(12,4)15-9-8-13(3,16)11(15)10-15/h11,16H,5-10H2,1-4H3. The number of hydrogen-bond donors (Lipinski definition) is 1. The number of rotatable bonds is 1. The zero-order chi connectivity index (χ0) is 11.8. The van der Waals surface area contributed by atoms with Crippen molar-refractivity contribution in [2.75, 3.05) is 0 Å². The van der Waals surface area contributed by atoms with Gasteiger partial charge in [0.15, 0.2) is 0 Å². The Kier molecular flexibility index (Phi) is 1.86. The van der Waals surface area contributed by atoms with Crippen LogP contribution in [0.3, 0.4) is 0 Å². The minimum atomic E-state index is -0.359. The van der Waals surface area contributed by atoms with Gasteiger partial charge in [-0.3, -0.25) is 0 Å². The van der Waals surface area contributed by atoms with Gasteiger partial charge in [-0.1, -0.05) is 27.2 Å². The first-order valence-electron chi connectivity index (χ1n) is 6.98. The summed E-state index contributed by atoms with van der Waals surface area (Å²) in [5, 5.41) is 10.4. The molecule has 3 saturated carbocycles. The van der Waals surface area contributed by atoms with Gasteiger partial charge in [-0.25, -0.2) is 0 Å². The zero-order valence-corrected chi connectivity index (χ0v) is 11.3. The van der Waals surface area contributed by atoms with Gasteiger partial charge in [0, 0.05) is 0 Å². The van der Waals surface area contributed by atoms with Crippen LogP contribution in [0.1, 0.15) is 66.2 Å². The molecule has 3 aliphatic rings. The highest BCUT2D eigenvalue weighted by Gasteiger charge is 2.75. The zero-order valence-electron chi connectivity index (χ0n) is 11.3. The van der Waals surface area contributed by atoms with Crippen LogP contribution in [-0.2, 0) is 0 Å². The Morgan fingerprint density at radius 1 is 0.938 bits per heavy atom. The topological polar surface area (TPSA) is 20.2 Å². The molecule has 4 unspecified atom stereocenters. The smallest absolute Gasteiger partial charge is 0.0653 e. The monoisotopic (exact) mass is 222 g/mol. The molecule has 1 nitrogen and oxygen atoms in total. The van der Waals surface area contributed by atoms with Gasteiger partial charge in [0.25, 0.3) is 0 Å². The van der Waals surface area contributed by atoms with Crippen LogP contribution < -0.4 is 0 Å². The van der Waals surface area contributed by atoms with E-state index in [0.29, 0.717) is 22.2 Å². The Labute approximate surface area is 99.6 Å². The maximum absolute atomic E-state index is 10.4. The number of fused-ring (bicyclic) bond motifs is 1. The molecule has 0 radical (unpaired) electrons. The van der Waals surface area contributed by atoms with Crippen LogP contribution in [-0.4, -0.2) is 10.7 Å². The second-order valence-electron chi connectivity index (χ2n) is 7.84. The van der Waals surface area contributed by atoms with Crippen molar-refractivity contribution in [3.63, 3.8) is 0 Å². The van der Waals surface area contributed by atoms with E-state index in [1.165, 1.54) is 32.1 Å². The molecule has 0 bridgehead atoms. The molecule has 0 aromatic heterocycles. The lowest BCUT2D eigenvalue weighted by Crippen LogP contribution is -2.39. The molecule has 1 heteroatoms. The Morgan fingerprint density at radius 2 is 1.62 bits per heavy atom. The van der Waals surface area contributed by atoms with E-state index in [4.69, 9.17) is 0 Å². The summed E-state index contributed by atoms with van der Waals surface area (Å²) in [5.41, 5.74) is 1.09. The van der Waals surface area contributed by atoms with Crippen molar-refractivity contribution in [1.82, 2.24) is 0 Å². The molecule has 3 aliphatic carbocycles. The molecule has 0 aromatic rings. The summed E-state index contributed by atoms with van der Waals surface area (Å²) in [6.07, 6.45) is 7.74. The second kappa shape index (κ2) is 2.68. The summed E-state index contributed by atoms with van der Waals surface area (Å²) in [4.78, 5) is 0. The highest BCUT2D eigenvalue weighted by molar-refractivity contribution is 5.24. The van der Waals surface area contributed by atoms with Crippen LogP contribution in [0.25, 0.3) is 0 Å². The summed E-state index contributed by atoms with van der Waals surface area (Å²) in [6.45, 7) is 9.49. The maximum atomic E-state index is 10.4. The highest BCUT2D eigenvalue weighted by Crippen LogP contribution is 2.80. The predicted octanol–water partition coefficient (Wildman–Crippen LogP) is 3.75. The van der Waals surface area contributed by atoms with E-state index >= 15 is 0 Å². The summed E-state index contributed by atoms with van der Waals surface area (Å²) in [6, 6.07) is 0. The molecule has 16 heavy (non-hydrogen) atoms. The van der Waals surface area contributed by atoms with E-state index in [2.05, 4.69) is 27.7 Å². The van der Waals surface area contributed by atoms with Gasteiger partial charge in [0.1, 0.15) is 0 Å². The molecule has 3 rings (SSSR count). The van der Waals surface area contributed by atoms with Gasteiger partial charge in [-0.15, -0.1) is 0 Å². The fourth-order valence-corrected chi connectivity index (χ4v) is 5.35. The van der Waals surface area contributed by atoms with Gasteiger partial charge in [-0.05, 0) is 61.2 Å². The van der Waals surface area contributed by atoms with E-state index in [1.54, 1.807) is 0 Å². The van der Waals surface area contributed by atoms with Crippen molar-refractivity contribution < 1.29 is 5.11 Å². The fraction of sp³-hybridized carbons (Fsp3) is 1.00. The Bertz CT molecular complexity index is 330. The van der Waals surface area contributed by atoms with Gasteiger partial charge in [0.05, 0.1) is 5.60 Å². The Morgan fingerprint density at radius 3 is 2.00 bits per heavy atom. The van der Waals surface area contributed by atoms with Crippen molar-refractivity contribution in [2.45, 2.75) is 71.8 Å². The molecule has 4 atom stereocenters. The minimum Gasteiger partial charge on any atom is -0.390 e. The average molecular weight is 222 g/mol. The highest BCUT2D eigenvalue weighted by atomic mass is 16.3. The third kappa shape index (κ3) is 1.02. The van der Waals surface area contributed by atoms with Crippen molar-refractivity contribution in [3.8, 4) is 0 Å². The Balaban J connectivity index is 1.96.